The van der Waals surface area contributed by atoms with Crippen molar-refractivity contribution < 1.29 is 4.74 Å². The van der Waals surface area contributed by atoms with Crippen molar-refractivity contribution in [1.82, 2.24) is 10.2 Å². The number of ether oxygens (including phenoxy) is 1. The van der Waals surface area contributed by atoms with Crippen LogP contribution in [0.25, 0.3) is 0 Å². The van der Waals surface area contributed by atoms with Gasteiger partial charge >= 0.3 is 0 Å². The molecule has 1 unspecified atom stereocenters. The van der Waals surface area contributed by atoms with Gasteiger partial charge in [-0.2, -0.15) is 11.8 Å². The molecule has 0 bridgehead atoms. The first-order valence-electron chi connectivity index (χ1n) is 8.30. The Bertz CT molecular complexity index is 285. The van der Waals surface area contributed by atoms with Crippen molar-refractivity contribution in [1.29, 1.82) is 0 Å². The van der Waals surface area contributed by atoms with E-state index >= 15 is 0 Å². The van der Waals surface area contributed by atoms with Gasteiger partial charge in [0.2, 0.25) is 0 Å². The molecular formula is C17H36N2OS. The van der Waals surface area contributed by atoms with E-state index in [0.717, 1.165) is 19.8 Å². The second-order valence-corrected chi connectivity index (χ2v) is 8.75. The van der Waals surface area contributed by atoms with Crippen LogP contribution in [0.4, 0.5) is 0 Å². The van der Waals surface area contributed by atoms with E-state index in [1.165, 1.54) is 31.6 Å². The van der Waals surface area contributed by atoms with Crippen molar-refractivity contribution in [3.63, 3.8) is 0 Å². The predicted molar refractivity (Wildman–Crippen MR) is 95.3 cm³/mol. The molecule has 1 saturated heterocycles. The molecule has 0 aromatic heterocycles. The van der Waals surface area contributed by atoms with E-state index in [1.54, 1.807) is 0 Å². The summed E-state index contributed by atoms with van der Waals surface area (Å²) in [4.78, 5) is 2.56. The average molecular weight is 317 g/mol. The molecule has 126 valence electrons. The van der Waals surface area contributed by atoms with Gasteiger partial charge in [-0.25, -0.2) is 0 Å². The molecule has 0 saturated carbocycles. The van der Waals surface area contributed by atoms with Crippen LogP contribution in [0.1, 0.15) is 47.0 Å². The molecule has 0 aromatic carbocycles. The highest BCUT2D eigenvalue weighted by atomic mass is 32.2. The van der Waals surface area contributed by atoms with Gasteiger partial charge in [0.05, 0.1) is 0 Å². The molecule has 1 fully saturated rings. The first kappa shape index (κ1) is 19.3. The third-order valence-corrected chi connectivity index (χ3v) is 5.27. The van der Waals surface area contributed by atoms with Gasteiger partial charge in [0.25, 0.3) is 0 Å². The largest absolute Gasteiger partial charge is 0.381 e. The Morgan fingerprint density at radius 2 is 1.90 bits per heavy atom. The molecule has 0 aromatic rings. The van der Waals surface area contributed by atoms with Crippen LogP contribution in [-0.4, -0.2) is 61.8 Å². The van der Waals surface area contributed by atoms with Crippen molar-refractivity contribution in [2.45, 2.75) is 58.5 Å². The Labute approximate surface area is 136 Å². The Morgan fingerprint density at radius 3 is 2.43 bits per heavy atom. The summed E-state index contributed by atoms with van der Waals surface area (Å²) < 4.78 is 5.61. The summed E-state index contributed by atoms with van der Waals surface area (Å²) in [6.07, 6.45) is 5.82. The first-order valence-corrected chi connectivity index (χ1v) is 9.69. The minimum absolute atomic E-state index is 0.189. The fourth-order valence-electron chi connectivity index (χ4n) is 2.84. The number of hydrogen-bond acceptors (Lipinski definition) is 4. The van der Waals surface area contributed by atoms with Crippen molar-refractivity contribution >= 4 is 11.8 Å². The van der Waals surface area contributed by atoms with Crippen LogP contribution < -0.4 is 5.32 Å². The van der Waals surface area contributed by atoms with Gasteiger partial charge in [-0.3, -0.25) is 0 Å². The molecule has 0 spiro atoms. The zero-order chi connectivity index (χ0) is 15.9. The van der Waals surface area contributed by atoms with E-state index in [-0.39, 0.29) is 5.54 Å². The summed E-state index contributed by atoms with van der Waals surface area (Å²) in [5.74, 6) is 1.25. The summed E-state index contributed by atoms with van der Waals surface area (Å²) in [5.41, 5.74) is 0.558. The van der Waals surface area contributed by atoms with E-state index in [4.69, 9.17) is 4.74 Å². The van der Waals surface area contributed by atoms with Crippen LogP contribution in [0.2, 0.25) is 0 Å². The second kappa shape index (κ2) is 8.76. The zero-order valence-electron chi connectivity index (χ0n) is 15.0. The number of hydrogen-bond donors (Lipinski definition) is 1. The molecule has 3 nitrogen and oxygen atoms in total. The standard InChI is InChI=1S/C17H36N2OS/c1-15(7-12-21-6)19(5)14-17(8-10-20-11-9-17)13-18-16(2,3)4/h15,18H,7-14H2,1-6H3. The summed E-state index contributed by atoms with van der Waals surface area (Å²) in [6, 6.07) is 0.659. The Morgan fingerprint density at radius 1 is 1.29 bits per heavy atom. The van der Waals surface area contributed by atoms with Gasteiger partial charge in [0.1, 0.15) is 0 Å². The lowest BCUT2D eigenvalue weighted by Gasteiger charge is -2.43. The number of nitrogens with one attached hydrogen (secondary N) is 1. The quantitative estimate of drug-likeness (QED) is 0.743. The van der Waals surface area contributed by atoms with Gasteiger partial charge in [-0.15, -0.1) is 0 Å². The normalized spacial score (nSPS) is 20.7. The number of thioether (sulfide) groups is 1. The topological polar surface area (TPSA) is 24.5 Å². The van der Waals surface area contributed by atoms with Crippen LogP contribution in [0.15, 0.2) is 0 Å². The van der Waals surface area contributed by atoms with Crippen LogP contribution in [0.5, 0.6) is 0 Å². The lowest BCUT2D eigenvalue weighted by Crippen LogP contribution is -2.51. The SMILES string of the molecule is CSCCC(C)N(C)CC1(CNC(C)(C)C)CCOCC1. The highest BCUT2D eigenvalue weighted by Crippen LogP contribution is 2.32. The van der Waals surface area contributed by atoms with Crippen molar-refractivity contribution in [3.05, 3.63) is 0 Å². The minimum Gasteiger partial charge on any atom is -0.381 e. The summed E-state index contributed by atoms with van der Waals surface area (Å²) in [5, 5.41) is 3.73. The first-order chi connectivity index (χ1) is 9.78. The Kier molecular flexibility index (Phi) is 8.04. The van der Waals surface area contributed by atoms with Gasteiger partial charge in [-0.1, -0.05) is 0 Å². The van der Waals surface area contributed by atoms with Crippen molar-refractivity contribution in [3.8, 4) is 0 Å². The average Bonchev–Trinajstić information content (AvgIpc) is 2.43. The van der Waals surface area contributed by atoms with Crippen LogP contribution in [0, 0.1) is 5.41 Å². The maximum atomic E-state index is 5.61. The number of rotatable bonds is 8. The minimum atomic E-state index is 0.189. The van der Waals surface area contributed by atoms with Gasteiger partial charge in [-0.05, 0) is 71.4 Å². The Balaban J connectivity index is 2.60. The van der Waals surface area contributed by atoms with Gasteiger partial charge < -0.3 is 15.0 Å². The maximum absolute atomic E-state index is 5.61. The molecule has 0 amide bonds. The molecule has 0 aliphatic carbocycles. The molecule has 1 heterocycles. The molecule has 1 rings (SSSR count). The van der Waals surface area contributed by atoms with Crippen LogP contribution in [-0.2, 0) is 4.74 Å². The zero-order valence-corrected chi connectivity index (χ0v) is 15.8. The predicted octanol–water partition coefficient (Wildman–Crippen LogP) is 3.24. The summed E-state index contributed by atoms with van der Waals surface area (Å²) >= 11 is 1.95. The monoisotopic (exact) mass is 316 g/mol. The molecule has 1 atom stereocenters. The number of nitrogens with zero attached hydrogens (tertiary/aromatic N) is 1. The van der Waals surface area contributed by atoms with Crippen LogP contribution >= 0.6 is 11.8 Å². The lowest BCUT2D eigenvalue weighted by molar-refractivity contribution is -0.00844. The van der Waals surface area contributed by atoms with Gasteiger partial charge in [0, 0.05) is 37.9 Å². The molecule has 1 aliphatic rings. The van der Waals surface area contributed by atoms with E-state index in [2.05, 4.69) is 51.2 Å². The fraction of sp³-hybridized carbons (Fsp3) is 1.00. The molecular weight excluding hydrogens is 280 g/mol. The van der Waals surface area contributed by atoms with E-state index < -0.39 is 0 Å². The highest BCUT2D eigenvalue weighted by molar-refractivity contribution is 7.98. The van der Waals surface area contributed by atoms with Crippen molar-refractivity contribution in [2.24, 2.45) is 5.41 Å². The molecule has 1 aliphatic heterocycles. The summed E-state index contributed by atoms with van der Waals surface area (Å²) in [7, 11) is 2.29. The fourth-order valence-corrected chi connectivity index (χ4v) is 3.42. The molecule has 4 heteroatoms. The third kappa shape index (κ3) is 7.36. The molecule has 0 radical (unpaired) electrons. The van der Waals surface area contributed by atoms with E-state index in [9.17, 15) is 0 Å². The molecule has 21 heavy (non-hydrogen) atoms. The third-order valence-electron chi connectivity index (χ3n) is 4.62. The van der Waals surface area contributed by atoms with Crippen LogP contribution in [0.3, 0.4) is 0 Å². The van der Waals surface area contributed by atoms with E-state index in [1.807, 2.05) is 11.8 Å². The maximum Gasteiger partial charge on any atom is 0.0472 e. The second-order valence-electron chi connectivity index (χ2n) is 7.76. The summed E-state index contributed by atoms with van der Waals surface area (Å²) in [6.45, 7) is 13.2. The Hall–Kier alpha value is 0.230. The van der Waals surface area contributed by atoms with Crippen molar-refractivity contribution in [2.75, 3.05) is 45.4 Å². The van der Waals surface area contributed by atoms with Gasteiger partial charge in [0.15, 0.2) is 0 Å². The molecule has 1 N–H and O–H groups in total. The van der Waals surface area contributed by atoms with E-state index in [0.29, 0.717) is 11.5 Å². The smallest absolute Gasteiger partial charge is 0.0472 e. The highest BCUT2D eigenvalue weighted by Gasteiger charge is 2.35. The lowest BCUT2D eigenvalue weighted by atomic mass is 9.78.